The van der Waals surface area contributed by atoms with Gasteiger partial charge in [0.1, 0.15) is 11.6 Å². The van der Waals surface area contributed by atoms with Gasteiger partial charge in [0.2, 0.25) is 0 Å². The Hall–Kier alpha value is -3.82. The van der Waals surface area contributed by atoms with Gasteiger partial charge >= 0.3 is 0 Å². The highest BCUT2D eigenvalue weighted by Gasteiger charge is 2.11. The summed E-state index contributed by atoms with van der Waals surface area (Å²) in [7, 11) is 0. The quantitative estimate of drug-likeness (QED) is 0.422. The summed E-state index contributed by atoms with van der Waals surface area (Å²) in [5.41, 5.74) is 3.02. The molecule has 0 bridgehead atoms. The number of nitrogens with one attached hydrogen (secondary N) is 1. The Kier molecular flexibility index (Phi) is 5.64. The number of fused-ring (bicyclic) bond motifs is 1. The smallest absolute Gasteiger partial charge is 0.163 e. The Bertz CT molecular complexity index is 1280. The van der Waals surface area contributed by atoms with Crippen LogP contribution in [0.1, 0.15) is 12.0 Å². The van der Waals surface area contributed by atoms with E-state index in [0.717, 1.165) is 22.0 Å². The Morgan fingerprint density at radius 1 is 1.13 bits per heavy atom. The lowest BCUT2D eigenvalue weighted by molar-refractivity contribution is 0.628. The number of hydrogen-bond donors (Lipinski definition) is 1. The minimum atomic E-state index is -0.490. The summed E-state index contributed by atoms with van der Waals surface area (Å²) < 4.78 is 13.6. The maximum absolute atomic E-state index is 13.6. The monoisotopic (exact) mass is 415 g/mol. The number of anilines is 2. The van der Waals surface area contributed by atoms with Crippen molar-refractivity contribution in [2.75, 3.05) is 5.32 Å². The molecule has 0 aliphatic carbocycles. The minimum absolute atomic E-state index is 0.0194. The molecular formula is C23H15ClFN5. The normalized spacial score (nSPS) is 11.0. The highest BCUT2D eigenvalue weighted by molar-refractivity contribution is 6.31. The number of benzene rings is 2. The standard InChI is InChI=1S/C23H15ClFN5/c24-19-13-17(7-8-20(19)25)28-23-18-12-15(4-1-2-10-26)6-9-21(18)29-22(30-23)16-5-3-11-27-14-16/h1,3-9,11-14H,2H2,(H,28,29,30)/b4-1+. The highest BCUT2D eigenvalue weighted by atomic mass is 35.5. The van der Waals surface area contributed by atoms with Gasteiger partial charge in [-0.3, -0.25) is 4.98 Å². The zero-order chi connectivity index (χ0) is 20.9. The van der Waals surface area contributed by atoms with Gasteiger partial charge in [-0.15, -0.1) is 0 Å². The van der Waals surface area contributed by atoms with Crippen LogP contribution < -0.4 is 5.32 Å². The predicted octanol–water partition coefficient (Wildman–Crippen LogP) is 6.15. The van der Waals surface area contributed by atoms with E-state index < -0.39 is 5.82 Å². The number of rotatable bonds is 5. The molecule has 4 rings (SSSR count). The third kappa shape index (κ3) is 4.27. The molecule has 0 radical (unpaired) electrons. The third-order valence-electron chi connectivity index (χ3n) is 4.34. The van der Waals surface area contributed by atoms with Crippen LogP contribution in [-0.2, 0) is 0 Å². The molecule has 2 heterocycles. The first-order valence-electron chi connectivity index (χ1n) is 9.12. The van der Waals surface area contributed by atoms with Crippen LogP contribution in [0.15, 0.2) is 67.0 Å². The number of allylic oxidation sites excluding steroid dienone is 1. The first kappa shape index (κ1) is 19.5. The van der Waals surface area contributed by atoms with Gasteiger partial charge in [-0.1, -0.05) is 29.8 Å². The van der Waals surface area contributed by atoms with Gasteiger partial charge in [0.15, 0.2) is 5.82 Å². The summed E-state index contributed by atoms with van der Waals surface area (Å²) in [6.45, 7) is 0. The number of aromatic nitrogens is 3. The molecule has 146 valence electrons. The maximum Gasteiger partial charge on any atom is 0.163 e. The molecule has 30 heavy (non-hydrogen) atoms. The van der Waals surface area contributed by atoms with Crippen molar-refractivity contribution >= 4 is 40.1 Å². The minimum Gasteiger partial charge on any atom is -0.340 e. The van der Waals surface area contributed by atoms with E-state index in [0.29, 0.717) is 23.8 Å². The first-order chi connectivity index (χ1) is 14.6. The van der Waals surface area contributed by atoms with Crippen molar-refractivity contribution in [3.63, 3.8) is 0 Å². The lowest BCUT2D eigenvalue weighted by atomic mass is 10.1. The van der Waals surface area contributed by atoms with Crippen molar-refractivity contribution < 1.29 is 4.39 Å². The average molecular weight is 416 g/mol. The summed E-state index contributed by atoms with van der Waals surface area (Å²) in [6, 6.07) is 15.9. The molecule has 5 nitrogen and oxygen atoms in total. The molecule has 0 amide bonds. The second kappa shape index (κ2) is 8.68. The van der Waals surface area contributed by atoms with Gasteiger partial charge < -0.3 is 5.32 Å². The van der Waals surface area contributed by atoms with Gasteiger partial charge in [-0.25, -0.2) is 14.4 Å². The Labute approximate surface area is 177 Å². The van der Waals surface area contributed by atoms with Crippen LogP contribution >= 0.6 is 11.6 Å². The predicted molar refractivity (Wildman–Crippen MR) is 117 cm³/mol. The van der Waals surface area contributed by atoms with Crippen molar-refractivity contribution in [1.29, 1.82) is 5.26 Å². The molecule has 1 N–H and O–H groups in total. The molecule has 0 saturated heterocycles. The zero-order valence-electron chi connectivity index (χ0n) is 15.7. The number of pyridine rings is 1. The van der Waals surface area contributed by atoms with Gasteiger partial charge in [0.25, 0.3) is 0 Å². The van der Waals surface area contributed by atoms with Crippen LogP contribution in [0.3, 0.4) is 0 Å². The van der Waals surface area contributed by atoms with E-state index in [1.165, 1.54) is 12.1 Å². The van der Waals surface area contributed by atoms with Crippen molar-refractivity contribution in [1.82, 2.24) is 15.0 Å². The second-order valence-corrected chi connectivity index (χ2v) is 6.84. The molecule has 0 atom stereocenters. The fraction of sp³-hybridized carbons (Fsp3) is 0.0435. The van der Waals surface area contributed by atoms with Crippen LogP contribution in [0, 0.1) is 17.1 Å². The van der Waals surface area contributed by atoms with Crippen LogP contribution in [-0.4, -0.2) is 15.0 Å². The zero-order valence-corrected chi connectivity index (χ0v) is 16.4. The molecule has 0 unspecified atom stereocenters. The topological polar surface area (TPSA) is 74.5 Å². The van der Waals surface area contributed by atoms with E-state index in [1.54, 1.807) is 24.5 Å². The van der Waals surface area contributed by atoms with E-state index in [2.05, 4.69) is 26.3 Å². The number of halogens is 2. The molecule has 7 heteroatoms. The molecule has 0 aliphatic rings. The van der Waals surface area contributed by atoms with Gasteiger partial charge in [-0.05, 0) is 48.0 Å². The summed E-state index contributed by atoms with van der Waals surface area (Å²) >= 11 is 5.93. The molecule has 2 aromatic carbocycles. The molecule has 0 saturated carbocycles. The summed E-state index contributed by atoms with van der Waals surface area (Å²) in [6.07, 6.45) is 7.37. The Balaban J connectivity index is 1.84. The van der Waals surface area contributed by atoms with Crippen LogP contribution in [0.2, 0.25) is 5.02 Å². The lowest BCUT2D eigenvalue weighted by Gasteiger charge is -2.12. The van der Waals surface area contributed by atoms with Crippen LogP contribution in [0.4, 0.5) is 15.9 Å². The highest BCUT2D eigenvalue weighted by Crippen LogP contribution is 2.29. The second-order valence-electron chi connectivity index (χ2n) is 6.43. The molecular weight excluding hydrogens is 401 g/mol. The number of hydrogen-bond acceptors (Lipinski definition) is 5. The molecule has 0 spiro atoms. The summed E-state index contributed by atoms with van der Waals surface area (Å²) in [4.78, 5) is 13.5. The van der Waals surface area contributed by atoms with Gasteiger partial charge in [0, 0.05) is 29.0 Å². The molecule has 4 aromatic rings. The van der Waals surface area contributed by atoms with E-state index in [1.807, 2.05) is 36.4 Å². The van der Waals surface area contributed by atoms with E-state index >= 15 is 0 Å². The summed E-state index contributed by atoms with van der Waals surface area (Å²) in [5.74, 6) is 0.576. The van der Waals surface area contributed by atoms with Crippen LogP contribution in [0.5, 0.6) is 0 Å². The van der Waals surface area contributed by atoms with Gasteiger partial charge in [0.05, 0.1) is 23.0 Å². The average Bonchev–Trinajstić information content (AvgIpc) is 2.77. The van der Waals surface area contributed by atoms with E-state index in [-0.39, 0.29) is 5.02 Å². The summed E-state index contributed by atoms with van der Waals surface area (Å²) in [5, 5.41) is 12.8. The molecule has 0 aliphatic heterocycles. The van der Waals surface area contributed by atoms with Crippen molar-refractivity contribution in [2.45, 2.75) is 6.42 Å². The third-order valence-corrected chi connectivity index (χ3v) is 4.63. The maximum atomic E-state index is 13.6. The largest absolute Gasteiger partial charge is 0.340 e. The van der Waals surface area contributed by atoms with E-state index in [4.69, 9.17) is 16.9 Å². The fourth-order valence-corrected chi connectivity index (χ4v) is 3.11. The SMILES string of the molecule is N#CC/C=C/c1ccc2nc(-c3cccnc3)nc(Nc3ccc(F)c(Cl)c3)c2c1. The Morgan fingerprint density at radius 2 is 2.03 bits per heavy atom. The number of nitriles is 1. The molecule has 0 fully saturated rings. The van der Waals surface area contributed by atoms with Crippen molar-refractivity contribution in [2.24, 2.45) is 0 Å². The molecule has 2 aromatic heterocycles. The number of nitrogens with zero attached hydrogens (tertiary/aromatic N) is 4. The van der Waals surface area contributed by atoms with Crippen molar-refractivity contribution in [3.8, 4) is 17.5 Å². The lowest BCUT2D eigenvalue weighted by Crippen LogP contribution is -2.00. The van der Waals surface area contributed by atoms with Crippen LogP contribution in [0.25, 0.3) is 28.4 Å². The van der Waals surface area contributed by atoms with Gasteiger partial charge in [-0.2, -0.15) is 5.26 Å². The van der Waals surface area contributed by atoms with E-state index in [9.17, 15) is 4.39 Å². The van der Waals surface area contributed by atoms with Crippen molar-refractivity contribution in [3.05, 3.63) is 83.4 Å². The Morgan fingerprint density at radius 3 is 2.80 bits per heavy atom. The fourth-order valence-electron chi connectivity index (χ4n) is 2.93. The first-order valence-corrected chi connectivity index (χ1v) is 9.49.